The molecule has 1 saturated heterocycles. The van der Waals surface area contributed by atoms with E-state index in [0.717, 1.165) is 13.1 Å². The van der Waals surface area contributed by atoms with Crippen LogP contribution in [0.3, 0.4) is 0 Å². The molecule has 1 heterocycles. The molecular formula is C7H14F2N2O. The molecular weight excluding hydrogens is 166 g/mol. The van der Waals surface area contributed by atoms with E-state index in [9.17, 15) is 8.78 Å². The second-order valence-electron chi connectivity index (χ2n) is 2.78. The van der Waals surface area contributed by atoms with E-state index < -0.39 is 13.0 Å². The predicted molar refractivity (Wildman–Crippen MR) is 41.5 cm³/mol. The lowest BCUT2D eigenvalue weighted by atomic mass is 10.2. The standard InChI is InChI=1S/C7H14F2N2O/c8-7(9)5-12-2-1-11-6-3-10-4-6/h6-7,10-11H,1-5H2. The Hall–Kier alpha value is -0.260. The average Bonchev–Trinajstić information content (AvgIpc) is 1.92. The topological polar surface area (TPSA) is 33.3 Å². The molecule has 72 valence electrons. The summed E-state index contributed by atoms with van der Waals surface area (Å²) in [6.07, 6.45) is -2.35. The number of hydrogen-bond acceptors (Lipinski definition) is 3. The third-order valence-electron chi connectivity index (χ3n) is 1.70. The maximum atomic E-state index is 11.5. The van der Waals surface area contributed by atoms with E-state index in [2.05, 4.69) is 15.4 Å². The minimum atomic E-state index is -2.35. The van der Waals surface area contributed by atoms with Crippen molar-refractivity contribution in [2.45, 2.75) is 12.5 Å². The van der Waals surface area contributed by atoms with Crippen molar-refractivity contribution in [1.82, 2.24) is 10.6 Å². The van der Waals surface area contributed by atoms with Crippen LogP contribution in [0, 0.1) is 0 Å². The van der Waals surface area contributed by atoms with Crippen molar-refractivity contribution in [2.24, 2.45) is 0 Å². The molecule has 2 N–H and O–H groups in total. The number of rotatable bonds is 6. The van der Waals surface area contributed by atoms with Gasteiger partial charge in [0, 0.05) is 25.7 Å². The van der Waals surface area contributed by atoms with Crippen LogP contribution < -0.4 is 10.6 Å². The van der Waals surface area contributed by atoms with Crippen LogP contribution in [0.1, 0.15) is 0 Å². The third-order valence-corrected chi connectivity index (χ3v) is 1.70. The van der Waals surface area contributed by atoms with Crippen molar-refractivity contribution in [2.75, 3.05) is 32.8 Å². The summed E-state index contributed by atoms with van der Waals surface area (Å²) in [7, 11) is 0. The normalized spacial score (nSPS) is 18.2. The average molecular weight is 180 g/mol. The van der Waals surface area contributed by atoms with Crippen LogP contribution in [-0.2, 0) is 4.74 Å². The second-order valence-corrected chi connectivity index (χ2v) is 2.78. The fraction of sp³-hybridized carbons (Fsp3) is 1.00. The highest BCUT2D eigenvalue weighted by Gasteiger charge is 2.14. The summed E-state index contributed by atoms with van der Waals surface area (Å²) in [5.41, 5.74) is 0. The van der Waals surface area contributed by atoms with Gasteiger partial charge in [-0.15, -0.1) is 0 Å². The number of nitrogens with one attached hydrogen (secondary N) is 2. The fourth-order valence-electron chi connectivity index (χ4n) is 0.941. The Kier molecular flexibility index (Phi) is 4.42. The molecule has 1 aliphatic rings. The molecule has 0 radical (unpaired) electrons. The molecule has 0 amide bonds. The molecule has 0 bridgehead atoms. The lowest BCUT2D eigenvalue weighted by Crippen LogP contribution is -2.55. The molecule has 0 atom stereocenters. The lowest BCUT2D eigenvalue weighted by molar-refractivity contribution is 0.0178. The Labute approximate surface area is 70.5 Å². The van der Waals surface area contributed by atoms with E-state index in [-0.39, 0.29) is 0 Å². The Bertz CT molecular complexity index is 120. The minimum absolute atomic E-state index is 0.362. The van der Waals surface area contributed by atoms with Crippen molar-refractivity contribution in [1.29, 1.82) is 0 Å². The van der Waals surface area contributed by atoms with Gasteiger partial charge in [-0.25, -0.2) is 8.78 Å². The van der Waals surface area contributed by atoms with Crippen molar-refractivity contribution >= 4 is 0 Å². The van der Waals surface area contributed by atoms with Crippen LogP contribution in [-0.4, -0.2) is 45.3 Å². The summed E-state index contributed by atoms with van der Waals surface area (Å²) < 4.78 is 27.8. The first-order chi connectivity index (χ1) is 5.79. The van der Waals surface area contributed by atoms with E-state index in [4.69, 9.17) is 0 Å². The van der Waals surface area contributed by atoms with Gasteiger partial charge in [0.15, 0.2) is 0 Å². The monoisotopic (exact) mass is 180 g/mol. The van der Waals surface area contributed by atoms with Gasteiger partial charge in [-0.05, 0) is 0 Å². The summed E-state index contributed by atoms with van der Waals surface area (Å²) in [4.78, 5) is 0. The number of hydrogen-bond donors (Lipinski definition) is 2. The molecule has 3 nitrogen and oxygen atoms in total. The van der Waals surface area contributed by atoms with Gasteiger partial charge in [-0.2, -0.15) is 0 Å². The smallest absolute Gasteiger partial charge is 0.261 e. The molecule has 0 aromatic heterocycles. The summed E-state index contributed by atoms with van der Waals surface area (Å²) in [6, 6.07) is 0.500. The quantitative estimate of drug-likeness (QED) is 0.557. The Morgan fingerprint density at radius 2 is 2.25 bits per heavy atom. The Morgan fingerprint density at radius 1 is 1.50 bits per heavy atom. The summed E-state index contributed by atoms with van der Waals surface area (Å²) >= 11 is 0. The molecule has 0 aromatic carbocycles. The molecule has 0 aliphatic carbocycles. The Morgan fingerprint density at radius 3 is 2.75 bits per heavy atom. The third kappa shape index (κ3) is 3.94. The molecule has 0 unspecified atom stereocenters. The highest BCUT2D eigenvalue weighted by Crippen LogP contribution is 1.92. The van der Waals surface area contributed by atoms with Gasteiger partial charge in [0.25, 0.3) is 6.43 Å². The highest BCUT2D eigenvalue weighted by molar-refractivity contribution is 4.80. The van der Waals surface area contributed by atoms with Gasteiger partial charge in [0.05, 0.1) is 6.61 Å². The molecule has 1 rings (SSSR count). The fourth-order valence-corrected chi connectivity index (χ4v) is 0.941. The molecule has 0 spiro atoms. The largest absolute Gasteiger partial charge is 0.374 e. The van der Waals surface area contributed by atoms with Crippen molar-refractivity contribution in [3.8, 4) is 0 Å². The van der Waals surface area contributed by atoms with Crippen LogP contribution in [0.5, 0.6) is 0 Å². The predicted octanol–water partition coefficient (Wildman–Crippen LogP) is -0.171. The molecule has 5 heteroatoms. The first-order valence-corrected chi connectivity index (χ1v) is 4.09. The summed E-state index contributed by atoms with van der Waals surface area (Å²) in [6.45, 7) is 2.49. The summed E-state index contributed by atoms with van der Waals surface area (Å²) in [5, 5.41) is 6.26. The lowest BCUT2D eigenvalue weighted by Gasteiger charge is -2.28. The Balaban J connectivity index is 1.76. The van der Waals surface area contributed by atoms with Gasteiger partial charge in [0.1, 0.15) is 6.61 Å². The van der Waals surface area contributed by atoms with E-state index in [1.807, 2.05) is 0 Å². The molecule has 1 fully saturated rings. The van der Waals surface area contributed by atoms with Crippen LogP contribution in [0.4, 0.5) is 8.78 Å². The van der Waals surface area contributed by atoms with Crippen LogP contribution >= 0.6 is 0 Å². The van der Waals surface area contributed by atoms with Gasteiger partial charge in [0.2, 0.25) is 0 Å². The van der Waals surface area contributed by atoms with E-state index in [1.165, 1.54) is 0 Å². The van der Waals surface area contributed by atoms with Gasteiger partial charge >= 0.3 is 0 Å². The van der Waals surface area contributed by atoms with Crippen molar-refractivity contribution in [3.63, 3.8) is 0 Å². The SMILES string of the molecule is FC(F)COCCNC1CNC1. The van der Waals surface area contributed by atoms with Gasteiger partial charge in [-0.1, -0.05) is 0 Å². The molecule has 1 aliphatic heterocycles. The first-order valence-electron chi connectivity index (χ1n) is 4.09. The number of alkyl halides is 2. The maximum Gasteiger partial charge on any atom is 0.261 e. The number of halogens is 2. The second kappa shape index (κ2) is 5.40. The number of ether oxygens (including phenoxy) is 1. The van der Waals surface area contributed by atoms with Crippen molar-refractivity contribution < 1.29 is 13.5 Å². The maximum absolute atomic E-state index is 11.5. The van der Waals surface area contributed by atoms with Crippen LogP contribution in [0.15, 0.2) is 0 Å². The van der Waals surface area contributed by atoms with Gasteiger partial charge in [-0.3, -0.25) is 0 Å². The zero-order chi connectivity index (χ0) is 8.81. The van der Waals surface area contributed by atoms with Crippen LogP contribution in [0.25, 0.3) is 0 Å². The summed E-state index contributed by atoms with van der Waals surface area (Å²) in [5.74, 6) is 0. The molecule has 0 saturated carbocycles. The minimum Gasteiger partial charge on any atom is -0.374 e. The van der Waals surface area contributed by atoms with E-state index >= 15 is 0 Å². The van der Waals surface area contributed by atoms with Crippen LogP contribution in [0.2, 0.25) is 0 Å². The van der Waals surface area contributed by atoms with E-state index in [0.29, 0.717) is 19.2 Å². The molecule has 0 aromatic rings. The zero-order valence-electron chi connectivity index (χ0n) is 6.85. The van der Waals surface area contributed by atoms with E-state index in [1.54, 1.807) is 0 Å². The first kappa shape index (κ1) is 9.83. The highest BCUT2D eigenvalue weighted by atomic mass is 19.3. The van der Waals surface area contributed by atoms with Crippen molar-refractivity contribution in [3.05, 3.63) is 0 Å². The zero-order valence-corrected chi connectivity index (χ0v) is 6.85. The van der Waals surface area contributed by atoms with Gasteiger partial charge < -0.3 is 15.4 Å². The molecule has 12 heavy (non-hydrogen) atoms.